The fraction of sp³-hybridized carbons (Fsp3) is 0.200. The summed E-state index contributed by atoms with van der Waals surface area (Å²) in [6.45, 7) is 0. The fourth-order valence-electron chi connectivity index (χ4n) is 2.80. The molecule has 0 aliphatic rings. The van der Waals surface area contributed by atoms with E-state index in [0.29, 0.717) is 12.8 Å². The van der Waals surface area contributed by atoms with Gasteiger partial charge in [-0.1, -0.05) is 18.2 Å². The van der Waals surface area contributed by atoms with E-state index >= 15 is 0 Å². The molecular weight excluding hydrogens is 321 g/mol. The monoisotopic (exact) mass is 339 g/mol. The van der Waals surface area contributed by atoms with Gasteiger partial charge in [-0.15, -0.1) is 0 Å². The third kappa shape index (κ3) is 4.19. The van der Waals surface area contributed by atoms with Crippen LogP contribution in [-0.2, 0) is 4.79 Å². The quantitative estimate of drug-likeness (QED) is 0.701. The number of carboxylic acid groups (broad SMARTS) is 1. The van der Waals surface area contributed by atoms with E-state index in [-0.39, 0.29) is 12.2 Å². The SMILES string of the molecule is O=C(O)CCCC(O)c1ccc2ncc(-c3cccc(F)c3)cc2c1. The van der Waals surface area contributed by atoms with E-state index in [4.69, 9.17) is 5.11 Å². The first-order chi connectivity index (χ1) is 12.0. The van der Waals surface area contributed by atoms with Gasteiger partial charge in [-0.3, -0.25) is 9.78 Å². The van der Waals surface area contributed by atoms with Gasteiger partial charge in [-0.05, 0) is 54.3 Å². The second-order valence-electron chi connectivity index (χ2n) is 5.99. The Kier molecular flexibility index (Phi) is 5.05. The highest BCUT2D eigenvalue weighted by atomic mass is 19.1. The van der Waals surface area contributed by atoms with E-state index in [1.54, 1.807) is 18.3 Å². The lowest BCUT2D eigenvalue weighted by Crippen LogP contribution is -2.00. The third-order valence-corrected chi connectivity index (χ3v) is 4.12. The standard InChI is InChI=1S/C20H18FNO3/c21-17-4-1-3-13(11-17)16-10-15-9-14(7-8-18(15)22-12-16)19(23)5-2-6-20(24)25/h1,3-4,7-12,19,23H,2,5-6H2,(H,24,25). The first-order valence-corrected chi connectivity index (χ1v) is 8.08. The van der Waals surface area contributed by atoms with Crippen molar-refractivity contribution in [3.05, 3.63) is 66.1 Å². The van der Waals surface area contributed by atoms with Crippen molar-refractivity contribution >= 4 is 16.9 Å². The van der Waals surface area contributed by atoms with Gasteiger partial charge in [0, 0.05) is 23.6 Å². The summed E-state index contributed by atoms with van der Waals surface area (Å²) < 4.78 is 13.4. The molecule has 0 aliphatic heterocycles. The second-order valence-corrected chi connectivity index (χ2v) is 5.99. The molecule has 0 fully saturated rings. The number of nitrogens with zero attached hydrogens (tertiary/aromatic N) is 1. The van der Waals surface area contributed by atoms with Crippen LogP contribution in [0, 0.1) is 5.82 Å². The zero-order valence-electron chi connectivity index (χ0n) is 13.5. The Hall–Kier alpha value is -2.79. The van der Waals surface area contributed by atoms with Gasteiger partial charge < -0.3 is 10.2 Å². The van der Waals surface area contributed by atoms with Gasteiger partial charge in [0.05, 0.1) is 11.6 Å². The van der Waals surface area contributed by atoms with Gasteiger partial charge in [0.25, 0.3) is 0 Å². The number of hydrogen-bond acceptors (Lipinski definition) is 3. The predicted molar refractivity (Wildman–Crippen MR) is 93.6 cm³/mol. The van der Waals surface area contributed by atoms with Crippen molar-refractivity contribution in [1.82, 2.24) is 4.98 Å². The Morgan fingerprint density at radius 2 is 1.96 bits per heavy atom. The summed E-state index contributed by atoms with van der Waals surface area (Å²) in [5.74, 6) is -1.17. The number of carboxylic acids is 1. The minimum absolute atomic E-state index is 0.0376. The highest BCUT2D eigenvalue weighted by Gasteiger charge is 2.10. The highest BCUT2D eigenvalue weighted by Crippen LogP contribution is 2.27. The summed E-state index contributed by atoms with van der Waals surface area (Å²) in [4.78, 5) is 15.0. The summed E-state index contributed by atoms with van der Waals surface area (Å²) in [6, 6.07) is 13.7. The first-order valence-electron chi connectivity index (χ1n) is 8.08. The van der Waals surface area contributed by atoms with Crippen molar-refractivity contribution in [2.75, 3.05) is 0 Å². The van der Waals surface area contributed by atoms with Crippen molar-refractivity contribution < 1.29 is 19.4 Å². The van der Waals surface area contributed by atoms with Crippen LogP contribution in [0.2, 0.25) is 0 Å². The molecule has 0 bridgehead atoms. The minimum atomic E-state index is -0.866. The maximum Gasteiger partial charge on any atom is 0.303 e. The lowest BCUT2D eigenvalue weighted by Gasteiger charge is -2.11. The number of aliphatic carboxylic acids is 1. The van der Waals surface area contributed by atoms with Crippen molar-refractivity contribution in [3.63, 3.8) is 0 Å². The molecule has 25 heavy (non-hydrogen) atoms. The maximum atomic E-state index is 13.4. The molecule has 128 valence electrons. The molecule has 0 amide bonds. The second kappa shape index (κ2) is 7.40. The molecule has 0 aliphatic carbocycles. The van der Waals surface area contributed by atoms with E-state index in [9.17, 15) is 14.3 Å². The number of aliphatic hydroxyl groups is 1. The van der Waals surface area contributed by atoms with Gasteiger partial charge in [0.15, 0.2) is 0 Å². The summed E-state index contributed by atoms with van der Waals surface area (Å²) >= 11 is 0. The fourth-order valence-corrected chi connectivity index (χ4v) is 2.80. The average Bonchev–Trinajstić information content (AvgIpc) is 2.60. The summed E-state index contributed by atoms with van der Waals surface area (Å²) in [5, 5.41) is 19.8. The molecule has 4 nitrogen and oxygen atoms in total. The Bertz CT molecular complexity index is 910. The molecule has 1 heterocycles. The van der Waals surface area contributed by atoms with Crippen LogP contribution in [0.5, 0.6) is 0 Å². The van der Waals surface area contributed by atoms with Gasteiger partial charge in [0.2, 0.25) is 0 Å². The number of carbonyl (C=O) groups is 1. The van der Waals surface area contributed by atoms with Gasteiger partial charge in [-0.2, -0.15) is 0 Å². The molecule has 1 unspecified atom stereocenters. The van der Waals surface area contributed by atoms with Crippen molar-refractivity contribution in [1.29, 1.82) is 0 Å². The third-order valence-electron chi connectivity index (χ3n) is 4.12. The van der Waals surface area contributed by atoms with Gasteiger partial charge >= 0.3 is 5.97 Å². The largest absolute Gasteiger partial charge is 0.481 e. The van der Waals surface area contributed by atoms with E-state index in [0.717, 1.165) is 27.6 Å². The minimum Gasteiger partial charge on any atom is -0.481 e. The number of benzene rings is 2. The molecule has 0 spiro atoms. The molecular formula is C20H18FNO3. The number of pyridine rings is 1. The zero-order valence-corrected chi connectivity index (χ0v) is 13.5. The molecule has 1 aromatic heterocycles. The molecule has 0 saturated heterocycles. The zero-order chi connectivity index (χ0) is 17.8. The van der Waals surface area contributed by atoms with E-state index < -0.39 is 12.1 Å². The number of aromatic nitrogens is 1. The van der Waals surface area contributed by atoms with Crippen LogP contribution in [0.3, 0.4) is 0 Å². The highest BCUT2D eigenvalue weighted by molar-refractivity contribution is 5.84. The summed E-state index contributed by atoms with van der Waals surface area (Å²) in [5.41, 5.74) is 3.03. The number of rotatable bonds is 6. The molecule has 0 saturated carbocycles. The van der Waals surface area contributed by atoms with E-state index in [1.807, 2.05) is 24.3 Å². The number of fused-ring (bicyclic) bond motifs is 1. The van der Waals surface area contributed by atoms with Crippen LogP contribution in [-0.4, -0.2) is 21.2 Å². The maximum absolute atomic E-state index is 13.4. The Labute approximate surface area is 144 Å². The van der Waals surface area contributed by atoms with Crippen LogP contribution in [0.4, 0.5) is 4.39 Å². The van der Waals surface area contributed by atoms with Gasteiger partial charge in [-0.25, -0.2) is 4.39 Å². The average molecular weight is 339 g/mol. The lowest BCUT2D eigenvalue weighted by atomic mass is 10.00. The summed E-state index contributed by atoms with van der Waals surface area (Å²) in [6.07, 6.45) is 1.81. The predicted octanol–water partition coefficient (Wildman–Crippen LogP) is 4.33. The number of halogens is 1. The Morgan fingerprint density at radius 1 is 1.12 bits per heavy atom. The van der Waals surface area contributed by atoms with Crippen molar-refractivity contribution in [3.8, 4) is 11.1 Å². The molecule has 2 N–H and O–H groups in total. The van der Waals surface area contributed by atoms with E-state index in [2.05, 4.69) is 4.98 Å². The molecule has 5 heteroatoms. The van der Waals surface area contributed by atoms with Crippen LogP contribution in [0.1, 0.15) is 30.9 Å². The molecule has 0 radical (unpaired) electrons. The molecule has 2 aromatic carbocycles. The Morgan fingerprint density at radius 3 is 2.72 bits per heavy atom. The van der Waals surface area contributed by atoms with Crippen LogP contribution in [0.25, 0.3) is 22.0 Å². The van der Waals surface area contributed by atoms with Crippen molar-refractivity contribution in [2.24, 2.45) is 0 Å². The van der Waals surface area contributed by atoms with E-state index in [1.165, 1.54) is 12.1 Å². The number of hydrogen-bond donors (Lipinski definition) is 2. The van der Waals surface area contributed by atoms with Crippen LogP contribution < -0.4 is 0 Å². The molecule has 3 aromatic rings. The molecule has 3 rings (SSSR count). The molecule has 1 atom stereocenters. The normalized spacial score (nSPS) is 12.2. The topological polar surface area (TPSA) is 70.4 Å². The Balaban J connectivity index is 1.87. The smallest absolute Gasteiger partial charge is 0.303 e. The lowest BCUT2D eigenvalue weighted by molar-refractivity contribution is -0.137. The first kappa shape index (κ1) is 17.0. The van der Waals surface area contributed by atoms with Crippen molar-refractivity contribution in [2.45, 2.75) is 25.4 Å². The van der Waals surface area contributed by atoms with Crippen LogP contribution >= 0.6 is 0 Å². The number of aliphatic hydroxyl groups excluding tert-OH is 1. The summed E-state index contributed by atoms with van der Waals surface area (Å²) in [7, 11) is 0. The van der Waals surface area contributed by atoms with Gasteiger partial charge in [0.1, 0.15) is 5.82 Å². The van der Waals surface area contributed by atoms with Crippen LogP contribution in [0.15, 0.2) is 54.7 Å².